The fourth-order valence-electron chi connectivity index (χ4n) is 2.25. The largest absolute Gasteiger partial charge is 0.399 e. The lowest BCUT2D eigenvalue weighted by Crippen LogP contribution is -2.21. The first-order valence-electron chi connectivity index (χ1n) is 6.46. The average molecular weight is 275 g/mol. The second-order valence-electron chi connectivity index (χ2n) is 5.02. The molecule has 1 unspecified atom stereocenters. The van der Waals surface area contributed by atoms with Crippen LogP contribution in [0.25, 0.3) is 0 Å². The van der Waals surface area contributed by atoms with Crippen molar-refractivity contribution in [3.8, 4) is 0 Å². The summed E-state index contributed by atoms with van der Waals surface area (Å²) < 4.78 is 0. The first kappa shape index (κ1) is 14.0. The third kappa shape index (κ3) is 3.33. The molecule has 0 aliphatic carbocycles. The molecule has 0 amide bonds. The number of hydrogen-bond donors (Lipinski definition) is 1. The SMILES string of the molecule is Cc1nc(C)c(C(C)N(C)Cc2cccc(N)c2)s1. The van der Waals surface area contributed by atoms with Crippen molar-refractivity contribution in [1.29, 1.82) is 0 Å². The van der Waals surface area contributed by atoms with Crippen LogP contribution in [0.3, 0.4) is 0 Å². The summed E-state index contributed by atoms with van der Waals surface area (Å²) in [6.07, 6.45) is 0. The quantitative estimate of drug-likeness (QED) is 0.868. The maximum atomic E-state index is 5.82. The fourth-order valence-corrected chi connectivity index (χ4v) is 3.30. The number of nitrogen functional groups attached to an aromatic ring is 1. The maximum Gasteiger partial charge on any atom is 0.0900 e. The molecule has 1 aromatic heterocycles. The third-order valence-corrected chi connectivity index (χ3v) is 4.61. The first-order chi connectivity index (χ1) is 8.97. The standard InChI is InChI=1S/C15H21N3S/c1-10-15(19-12(3)17-10)11(2)18(4)9-13-6-5-7-14(16)8-13/h5-8,11H,9,16H2,1-4H3. The predicted molar refractivity (Wildman–Crippen MR) is 82.3 cm³/mol. The molecule has 0 aliphatic rings. The Kier molecular flexibility index (Phi) is 4.22. The van der Waals surface area contributed by atoms with Crippen LogP contribution in [0, 0.1) is 13.8 Å². The molecule has 0 spiro atoms. The van der Waals surface area contributed by atoms with Gasteiger partial charge in [-0.2, -0.15) is 0 Å². The van der Waals surface area contributed by atoms with Gasteiger partial charge in [-0.15, -0.1) is 11.3 Å². The van der Waals surface area contributed by atoms with Crippen LogP contribution in [0.2, 0.25) is 0 Å². The normalized spacial score (nSPS) is 12.9. The topological polar surface area (TPSA) is 42.2 Å². The Bertz CT molecular complexity index is 562. The summed E-state index contributed by atoms with van der Waals surface area (Å²) in [4.78, 5) is 8.19. The van der Waals surface area contributed by atoms with Crippen molar-refractivity contribution in [3.63, 3.8) is 0 Å². The Morgan fingerprint density at radius 3 is 2.68 bits per heavy atom. The Morgan fingerprint density at radius 1 is 1.37 bits per heavy atom. The first-order valence-corrected chi connectivity index (χ1v) is 7.27. The lowest BCUT2D eigenvalue weighted by atomic mass is 10.1. The Hall–Kier alpha value is -1.39. The minimum absolute atomic E-state index is 0.368. The van der Waals surface area contributed by atoms with Crippen LogP contribution >= 0.6 is 11.3 Å². The van der Waals surface area contributed by atoms with E-state index in [2.05, 4.69) is 43.8 Å². The minimum atomic E-state index is 0.368. The third-order valence-electron chi connectivity index (χ3n) is 3.36. The summed E-state index contributed by atoms with van der Waals surface area (Å²) in [7, 11) is 2.14. The van der Waals surface area contributed by atoms with Crippen LogP contribution in [-0.2, 0) is 6.54 Å². The summed E-state index contributed by atoms with van der Waals surface area (Å²) in [6.45, 7) is 7.27. The van der Waals surface area contributed by atoms with Crippen LogP contribution < -0.4 is 5.73 Å². The van der Waals surface area contributed by atoms with Gasteiger partial charge in [0, 0.05) is 23.2 Å². The molecule has 2 N–H and O–H groups in total. The molecule has 102 valence electrons. The number of anilines is 1. The van der Waals surface area contributed by atoms with E-state index in [1.54, 1.807) is 11.3 Å². The van der Waals surface area contributed by atoms with E-state index in [1.807, 2.05) is 18.2 Å². The molecule has 1 aromatic carbocycles. The summed E-state index contributed by atoms with van der Waals surface area (Å²) in [5.74, 6) is 0. The highest BCUT2D eigenvalue weighted by atomic mass is 32.1. The lowest BCUT2D eigenvalue weighted by Gasteiger charge is -2.24. The molecule has 0 saturated carbocycles. The van der Waals surface area contributed by atoms with Gasteiger partial charge in [0.2, 0.25) is 0 Å². The van der Waals surface area contributed by atoms with Crippen molar-refractivity contribution in [2.45, 2.75) is 33.4 Å². The van der Waals surface area contributed by atoms with E-state index in [0.29, 0.717) is 6.04 Å². The molecule has 0 fully saturated rings. The van der Waals surface area contributed by atoms with E-state index in [1.165, 1.54) is 10.4 Å². The lowest BCUT2D eigenvalue weighted by molar-refractivity contribution is 0.255. The van der Waals surface area contributed by atoms with Gasteiger partial charge in [0.25, 0.3) is 0 Å². The monoisotopic (exact) mass is 275 g/mol. The van der Waals surface area contributed by atoms with Crippen molar-refractivity contribution in [2.75, 3.05) is 12.8 Å². The van der Waals surface area contributed by atoms with Crippen molar-refractivity contribution in [3.05, 3.63) is 45.4 Å². The zero-order valence-electron chi connectivity index (χ0n) is 12.0. The maximum absolute atomic E-state index is 5.82. The predicted octanol–water partition coefficient (Wildman–Crippen LogP) is 3.54. The summed E-state index contributed by atoms with van der Waals surface area (Å²) in [5, 5.41) is 1.14. The van der Waals surface area contributed by atoms with Gasteiger partial charge in [-0.1, -0.05) is 12.1 Å². The van der Waals surface area contributed by atoms with Gasteiger partial charge >= 0.3 is 0 Å². The van der Waals surface area contributed by atoms with E-state index >= 15 is 0 Å². The smallest absolute Gasteiger partial charge is 0.0900 e. The number of thiazole rings is 1. The summed E-state index contributed by atoms with van der Waals surface area (Å²) in [5.41, 5.74) is 9.04. The van der Waals surface area contributed by atoms with E-state index in [4.69, 9.17) is 5.73 Å². The molecule has 0 saturated heterocycles. The van der Waals surface area contributed by atoms with E-state index in [9.17, 15) is 0 Å². The van der Waals surface area contributed by atoms with Crippen molar-refractivity contribution < 1.29 is 0 Å². The molecule has 19 heavy (non-hydrogen) atoms. The molecular weight excluding hydrogens is 254 g/mol. The summed E-state index contributed by atoms with van der Waals surface area (Å²) in [6, 6.07) is 8.44. The van der Waals surface area contributed by atoms with Gasteiger partial charge < -0.3 is 5.73 Å². The van der Waals surface area contributed by atoms with Gasteiger partial charge in [0.1, 0.15) is 0 Å². The Labute approximate surface area is 119 Å². The molecule has 4 heteroatoms. The minimum Gasteiger partial charge on any atom is -0.399 e. The summed E-state index contributed by atoms with van der Waals surface area (Å²) >= 11 is 1.79. The van der Waals surface area contributed by atoms with Crippen LogP contribution in [0.1, 0.15) is 34.1 Å². The highest BCUT2D eigenvalue weighted by Crippen LogP contribution is 2.29. The number of nitrogens with two attached hydrogens (primary N) is 1. The van der Waals surface area contributed by atoms with Crippen LogP contribution in [-0.4, -0.2) is 16.9 Å². The number of hydrogen-bond acceptors (Lipinski definition) is 4. The van der Waals surface area contributed by atoms with Crippen LogP contribution in [0.4, 0.5) is 5.69 Å². The van der Waals surface area contributed by atoms with Crippen LogP contribution in [0.15, 0.2) is 24.3 Å². The molecule has 1 atom stereocenters. The number of benzene rings is 1. The van der Waals surface area contributed by atoms with Gasteiger partial charge in [-0.25, -0.2) is 4.98 Å². The van der Waals surface area contributed by atoms with E-state index in [-0.39, 0.29) is 0 Å². The molecule has 2 aromatic rings. The number of aromatic nitrogens is 1. The molecule has 0 radical (unpaired) electrons. The second kappa shape index (κ2) is 5.72. The Balaban J connectivity index is 2.11. The van der Waals surface area contributed by atoms with Crippen LogP contribution in [0.5, 0.6) is 0 Å². The molecule has 2 rings (SSSR count). The molecule has 1 heterocycles. The zero-order valence-corrected chi connectivity index (χ0v) is 12.8. The van der Waals surface area contributed by atoms with E-state index in [0.717, 1.165) is 22.9 Å². The second-order valence-corrected chi connectivity index (χ2v) is 6.25. The van der Waals surface area contributed by atoms with E-state index < -0.39 is 0 Å². The van der Waals surface area contributed by atoms with Gasteiger partial charge in [-0.3, -0.25) is 4.90 Å². The molecule has 3 nitrogen and oxygen atoms in total. The zero-order chi connectivity index (χ0) is 14.0. The number of rotatable bonds is 4. The number of aryl methyl sites for hydroxylation is 2. The molecule has 0 aliphatic heterocycles. The Morgan fingerprint density at radius 2 is 2.11 bits per heavy atom. The van der Waals surface area contributed by atoms with Crippen molar-refractivity contribution in [1.82, 2.24) is 9.88 Å². The molecule has 0 bridgehead atoms. The van der Waals surface area contributed by atoms with Gasteiger partial charge in [-0.05, 0) is 45.5 Å². The average Bonchev–Trinajstić information content (AvgIpc) is 2.67. The highest BCUT2D eigenvalue weighted by molar-refractivity contribution is 7.11. The van der Waals surface area contributed by atoms with Gasteiger partial charge in [0.05, 0.1) is 10.7 Å². The molecular formula is C15H21N3S. The van der Waals surface area contributed by atoms with Gasteiger partial charge in [0.15, 0.2) is 0 Å². The van der Waals surface area contributed by atoms with Crippen molar-refractivity contribution >= 4 is 17.0 Å². The fraction of sp³-hybridized carbons (Fsp3) is 0.400. The highest BCUT2D eigenvalue weighted by Gasteiger charge is 2.17. The van der Waals surface area contributed by atoms with Crippen molar-refractivity contribution in [2.24, 2.45) is 0 Å². The number of nitrogens with zero attached hydrogens (tertiary/aromatic N) is 2.